The Bertz CT molecular complexity index is 769. The minimum atomic E-state index is -1.02. The number of nitrogens with one attached hydrogen (secondary N) is 1. The highest BCUT2D eigenvalue weighted by Gasteiger charge is 2.44. The molecule has 8 heteroatoms. The molecule has 23 heavy (non-hydrogen) atoms. The first-order valence-electron chi connectivity index (χ1n) is 6.92. The molecule has 0 bridgehead atoms. The third-order valence-corrected chi connectivity index (χ3v) is 3.67. The van der Waals surface area contributed by atoms with Crippen molar-refractivity contribution in [2.75, 3.05) is 0 Å². The molecule has 1 atom stereocenters. The SMILES string of the molecule is CC(=O)Oc1ccc2c(c1)C(=O)N(C1CCC(=O)NC1=O)C2=O. The molecule has 1 unspecified atom stereocenters. The second kappa shape index (κ2) is 5.31. The van der Waals surface area contributed by atoms with Crippen LogP contribution in [0.1, 0.15) is 40.5 Å². The number of esters is 1. The van der Waals surface area contributed by atoms with Gasteiger partial charge in [0.05, 0.1) is 11.1 Å². The summed E-state index contributed by atoms with van der Waals surface area (Å²) in [6.07, 6.45) is 0.148. The molecule has 2 aliphatic rings. The van der Waals surface area contributed by atoms with Gasteiger partial charge in [0.1, 0.15) is 11.8 Å². The Morgan fingerprint density at radius 3 is 2.52 bits per heavy atom. The summed E-state index contributed by atoms with van der Waals surface area (Å²) in [5, 5.41) is 2.12. The fourth-order valence-corrected chi connectivity index (χ4v) is 2.68. The standard InChI is InChI=1S/C15H12N2O6/c1-7(18)23-8-2-3-9-10(6-8)15(22)17(14(9)21)11-4-5-12(19)16-13(11)20/h2-3,6,11H,4-5H2,1H3,(H,16,19,20). The molecule has 1 aromatic carbocycles. The fourth-order valence-electron chi connectivity index (χ4n) is 2.68. The van der Waals surface area contributed by atoms with Crippen molar-refractivity contribution in [3.8, 4) is 5.75 Å². The van der Waals surface area contributed by atoms with Crippen LogP contribution >= 0.6 is 0 Å². The number of fused-ring (bicyclic) bond motifs is 1. The van der Waals surface area contributed by atoms with Crippen LogP contribution in [0.25, 0.3) is 0 Å². The average Bonchev–Trinajstić information content (AvgIpc) is 2.71. The van der Waals surface area contributed by atoms with Gasteiger partial charge in [-0.05, 0) is 24.6 Å². The Morgan fingerprint density at radius 1 is 1.17 bits per heavy atom. The number of hydrogen-bond donors (Lipinski definition) is 1. The van der Waals surface area contributed by atoms with E-state index in [1.165, 1.54) is 25.1 Å². The topological polar surface area (TPSA) is 110 Å². The highest BCUT2D eigenvalue weighted by molar-refractivity contribution is 6.23. The van der Waals surface area contributed by atoms with Crippen LogP contribution in [-0.4, -0.2) is 40.5 Å². The first-order valence-corrected chi connectivity index (χ1v) is 6.92. The molecule has 0 radical (unpaired) electrons. The van der Waals surface area contributed by atoms with Crippen LogP contribution in [0.15, 0.2) is 18.2 Å². The lowest BCUT2D eigenvalue weighted by atomic mass is 10.0. The predicted molar refractivity (Wildman–Crippen MR) is 74.4 cm³/mol. The number of amides is 4. The lowest BCUT2D eigenvalue weighted by Gasteiger charge is -2.27. The lowest BCUT2D eigenvalue weighted by Crippen LogP contribution is -2.54. The molecule has 0 saturated carbocycles. The summed E-state index contributed by atoms with van der Waals surface area (Å²) in [7, 11) is 0. The van der Waals surface area contributed by atoms with Crippen molar-refractivity contribution in [3.05, 3.63) is 29.3 Å². The Morgan fingerprint density at radius 2 is 1.87 bits per heavy atom. The van der Waals surface area contributed by atoms with Gasteiger partial charge < -0.3 is 4.74 Å². The molecule has 1 saturated heterocycles. The van der Waals surface area contributed by atoms with Gasteiger partial charge in [-0.3, -0.25) is 34.2 Å². The number of benzene rings is 1. The van der Waals surface area contributed by atoms with E-state index < -0.39 is 35.6 Å². The molecule has 118 valence electrons. The van der Waals surface area contributed by atoms with Crippen molar-refractivity contribution in [2.45, 2.75) is 25.8 Å². The minimum absolute atomic E-state index is 0.0580. The number of ether oxygens (including phenoxy) is 1. The van der Waals surface area contributed by atoms with Crippen LogP contribution in [0, 0.1) is 0 Å². The molecule has 1 aromatic rings. The molecule has 2 heterocycles. The molecule has 1 fully saturated rings. The van der Waals surface area contributed by atoms with Gasteiger partial charge in [0.15, 0.2) is 0 Å². The zero-order valence-corrected chi connectivity index (χ0v) is 12.1. The third kappa shape index (κ3) is 2.48. The minimum Gasteiger partial charge on any atom is -0.427 e. The molecule has 0 aliphatic carbocycles. The highest BCUT2D eigenvalue weighted by atomic mass is 16.5. The van der Waals surface area contributed by atoms with Crippen LogP contribution < -0.4 is 10.1 Å². The van der Waals surface area contributed by atoms with E-state index in [4.69, 9.17) is 4.74 Å². The third-order valence-electron chi connectivity index (χ3n) is 3.67. The van der Waals surface area contributed by atoms with Gasteiger partial charge in [0.2, 0.25) is 11.8 Å². The van der Waals surface area contributed by atoms with Crippen LogP contribution in [0.3, 0.4) is 0 Å². The molecule has 2 aliphatic heterocycles. The Balaban J connectivity index is 1.92. The maximum absolute atomic E-state index is 12.5. The van der Waals surface area contributed by atoms with Crippen molar-refractivity contribution >= 4 is 29.6 Å². The Kier molecular flexibility index (Phi) is 3.44. The number of imide groups is 2. The van der Waals surface area contributed by atoms with Crippen molar-refractivity contribution in [3.63, 3.8) is 0 Å². The van der Waals surface area contributed by atoms with E-state index in [-0.39, 0.29) is 29.7 Å². The Labute approximate surface area is 130 Å². The van der Waals surface area contributed by atoms with E-state index in [2.05, 4.69) is 5.32 Å². The highest BCUT2D eigenvalue weighted by Crippen LogP contribution is 2.30. The van der Waals surface area contributed by atoms with E-state index in [1.807, 2.05) is 0 Å². The van der Waals surface area contributed by atoms with Crippen molar-refractivity contribution < 1.29 is 28.7 Å². The second-order valence-electron chi connectivity index (χ2n) is 5.25. The van der Waals surface area contributed by atoms with Crippen LogP contribution in [0.5, 0.6) is 5.75 Å². The first kappa shape index (κ1) is 14.9. The summed E-state index contributed by atoms with van der Waals surface area (Å²) in [6.45, 7) is 1.22. The fraction of sp³-hybridized carbons (Fsp3) is 0.267. The van der Waals surface area contributed by atoms with Crippen LogP contribution in [-0.2, 0) is 14.4 Å². The smallest absolute Gasteiger partial charge is 0.308 e. The van der Waals surface area contributed by atoms with Gasteiger partial charge in [-0.1, -0.05) is 0 Å². The molecule has 1 N–H and O–H groups in total. The largest absolute Gasteiger partial charge is 0.427 e. The summed E-state index contributed by atoms with van der Waals surface area (Å²) in [5.41, 5.74) is 0.203. The molecule has 8 nitrogen and oxygen atoms in total. The van der Waals surface area contributed by atoms with Crippen molar-refractivity contribution in [1.82, 2.24) is 10.2 Å². The summed E-state index contributed by atoms with van der Waals surface area (Å²) in [4.78, 5) is 59.8. The number of carbonyl (C=O) groups excluding carboxylic acids is 5. The molecule has 3 rings (SSSR count). The van der Waals surface area contributed by atoms with E-state index >= 15 is 0 Å². The molecule has 0 spiro atoms. The van der Waals surface area contributed by atoms with Gasteiger partial charge in [0, 0.05) is 13.3 Å². The normalized spacial score (nSPS) is 20.4. The van der Waals surface area contributed by atoms with E-state index in [1.54, 1.807) is 0 Å². The van der Waals surface area contributed by atoms with Gasteiger partial charge in [-0.2, -0.15) is 0 Å². The predicted octanol–water partition coefficient (Wildman–Crippen LogP) is 0.0131. The number of carbonyl (C=O) groups is 5. The maximum Gasteiger partial charge on any atom is 0.308 e. The number of hydrogen-bond acceptors (Lipinski definition) is 6. The second-order valence-corrected chi connectivity index (χ2v) is 5.25. The van der Waals surface area contributed by atoms with Crippen LogP contribution in [0.2, 0.25) is 0 Å². The van der Waals surface area contributed by atoms with Gasteiger partial charge >= 0.3 is 5.97 Å². The Hall–Kier alpha value is -3.03. The zero-order valence-electron chi connectivity index (χ0n) is 12.1. The summed E-state index contributed by atoms with van der Waals surface area (Å²) >= 11 is 0. The van der Waals surface area contributed by atoms with Crippen LogP contribution in [0.4, 0.5) is 0 Å². The lowest BCUT2D eigenvalue weighted by molar-refractivity contribution is -0.136. The summed E-state index contributed by atoms with van der Waals surface area (Å²) in [6, 6.07) is 3.05. The summed E-state index contributed by atoms with van der Waals surface area (Å²) in [5.74, 6) is -2.76. The van der Waals surface area contributed by atoms with Crippen molar-refractivity contribution in [1.29, 1.82) is 0 Å². The maximum atomic E-state index is 12.5. The summed E-state index contributed by atoms with van der Waals surface area (Å²) < 4.78 is 4.89. The van der Waals surface area contributed by atoms with Gasteiger partial charge in [0.25, 0.3) is 11.8 Å². The monoisotopic (exact) mass is 316 g/mol. The molecular formula is C15H12N2O6. The van der Waals surface area contributed by atoms with Gasteiger partial charge in [-0.25, -0.2) is 0 Å². The molecule has 4 amide bonds. The molecule has 0 aromatic heterocycles. The number of piperidine rings is 1. The van der Waals surface area contributed by atoms with E-state index in [0.29, 0.717) is 0 Å². The van der Waals surface area contributed by atoms with Crippen molar-refractivity contribution in [2.24, 2.45) is 0 Å². The number of rotatable bonds is 2. The number of nitrogens with zero attached hydrogens (tertiary/aromatic N) is 1. The first-order chi connectivity index (χ1) is 10.9. The van der Waals surface area contributed by atoms with E-state index in [0.717, 1.165) is 4.90 Å². The zero-order chi connectivity index (χ0) is 16.7. The average molecular weight is 316 g/mol. The molecular weight excluding hydrogens is 304 g/mol. The van der Waals surface area contributed by atoms with Gasteiger partial charge in [-0.15, -0.1) is 0 Å². The van der Waals surface area contributed by atoms with E-state index in [9.17, 15) is 24.0 Å². The quantitative estimate of drug-likeness (QED) is 0.468.